The second-order valence-corrected chi connectivity index (χ2v) is 6.47. The lowest BCUT2D eigenvalue weighted by molar-refractivity contribution is 0.102. The molecule has 0 saturated carbocycles. The molecule has 0 unspecified atom stereocenters. The first-order chi connectivity index (χ1) is 8.94. The highest BCUT2D eigenvalue weighted by molar-refractivity contribution is 7.92. The lowest BCUT2D eigenvalue weighted by Crippen LogP contribution is -2.22. The van der Waals surface area contributed by atoms with Crippen LogP contribution in [0, 0.1) is 6.92 Å². The number of carbonyl (C=O) groups excluding carboxylic acids is 1. The van der Waals surface area contributed by atoms with Gasteiger partial charge in [0.25, 0.3) is 0 Å². The molecule has 0 aliphatic heterocycles. The van der Waals surface area contributed by atoms with E-state index in [2.05, 4.69) is 0 Å². The summed E-state index contributed by atoms with van der Waals surface area (Å²) in [7, 11) is -3.43. The van der Waals surface area contributed by atoms with Gasteiger partial charge in [-0.05, 0) is 6.92 Å². The zero-order chi connectivity index (χ0) is 14.3. The van der Waals surface area contributed by atoms with Crippen LogP contribution in [0.1, 0.15) is 15.9 Å². The Bertz CT molecular complexity index is 508. The highest BCUT2D eigenvalue weighted by Gasteiger charge is 2.17. The summed E-state index contributed by atoms with van der Waals surface area (Å²) in [5.41, 5.74) is 6.66. The van der Waals surface area contributed by atoms with E-state index in [0.29, 0.717) is 18.7 Å². The number of Topliss-reactive ketones (excluding diaryl/α,β-unsaturated/α-hetero) is 1. The van der Waals surface area contributed by atoms with Crippen LogP contribution in [-0.4, -0.2) is 45.5 Å². The number of hydrogen-bond donors (Lipinski definition) is 1. The maximum Gasteiger partial charge on any atom is 0.177 e. The number of ether oxygens (including phenoxy) is 1. The van der Waals surface area contributed by atoms with E-state index >= 15 is 0 Å². The van der Waals surface area contributed by atoms with Crippen molar-refractivity contribution >= 4 is 15.6 Å². The van der Waals surface area contributed by atoms with Crippen molar-refractivity contribution in [3.63, 3.8) is 0 Å². The molecule has 0 aromatic heterocycles. The standard InChI is InChI=1S/C13H19NO4S/c1-11-2-4-12(5-3-11)13(15)10-19(16,17)9-8-18-7-6-14/h2-5H,6-10,14H2,1H3. The zero-order valence-electron chi connectivity index (χ0n) is 11.0. The molecule has 106 valence electrons. The van der Waals surface area contributed by atoms with E-state index in [-0.39, 0.29) is 18.1 Å². The van der Waals surface area contributed by atoms with E-state index in [9.17, 15) is 13.2 Å². The summed E-state index contributed by atoms with van der Waals surface area (Å²) >= 11 is 0. The highest BCUT2D eigenvalue weighted by Crippen LogP contribution is 2.06. The summed E-state index contributed by atoms with van der Waals surface area (Å²) in [6.07, 6.45) is 0. The first-order valence-electron chi connectivity index (χ1n) is 6.03. The number of benzene rings is 1. The van der Waals surface area contributed by atoms with Crippen LogP contribution >= 0.6 is 0 Å². The Labute approximate surface area is 113 Å². The predicted molar refractivity (Wildman–Crippen MR) is 74.0 cm³/mol. The topological polar surface area (TPSA) is 86.5 Å². The van der Waals surface area contributed by atoms with Crippen molar-refractivity contribution in [2.75, 3.05) is 31.3 Å². The molecule has 0 aliphatic carbocycles. The fourth-order valence-electron chi connectivity index (χ4n) is 1.47. The molecule has 0 amide bonds. The molecule has 0 radical (unpaired) electrons. The van der Waals surface area contributed by atoms with Gasteiger partial charge >= 0.3 is 0 Å². The summed E-state index contributed by atoms with van der Waals surface area (Å²) in [5.74, 6) is -1.04. The molecule has 2 N–H and O–H groups in total. The minimum Gasteiger partial charge on any atom is -0.379 e. The molecule has 5 nitrogen and oxygen atoms in total. The molecule has 0 aliphatic rings. The maximum atomic E-state index is 11.8. The lowest BCUT2D eigenvalue weighted by atomic mass is 10.1. The Hall–Kier alpha value is -1.24. The van der Waals surface area contributed by atoms with Gasteiger partial charge in [-0.15, -0.1) is 0 Å². The molecular weight excluding hydrogens is 266 g/mol. The number of ketones is 1. The van der Waals surface area contributed by atoms with E-state index < -0.39 is 15.6 Å². The average Bonchev–Trinajstić information content (AvgIpc) is 2.35. The van der Waals surface area contributed by atoms with Crippen molar-refractivity contribution in [2.24, 2.45) is 5.73 Å². The molecule has 0 spiro atoms. The van der Waals surface area contributed by atoms with Gasteiger partial charge < -0.3 is 10.5 Å². The number of nitrogens with two attached hydrogens (primary N) is 1. The third kappa shape index (κ3) is 5.96. The highest BCUT2D eigenvalue weighted by atomic mass is 32.2. The molecule has 0 fully saturated rings. The summed E-state index contributed by atoms with van der Waals surface area (Å²) < 4.78 is 28.4. The fourth-order valence-corrected chi connectivity index (χ4v) is 2.55. The molecular formula is C13H19NO4S. The number of sulfone groups is 1. The van der Waals surface area contributed by atoms with Crippen LogP contribution in [0.15, 0.2) is 24.3 Å². The largest absolute Gasteiger partial charge is 0.379 e. The van der Waals surface area contributed by atoms with E-state index in [4.69, 9.17) is 10.5 Å². The molecule has 0 heterocycles. The van der Waals surface area contributed by atoms with Crippen molar-refractivity contribution < 1.29 is 17.9 Å². The first-order valence-corrected chi connectivity index (χ1v) is 7.85. The summed E-state index contributed by atoms with van der Waals surface area (Å²) in [6, 6.07) is 6.84. The van der Waals surface area contributed by atoms with Crippen LogP contribution in [-0.2, 0) is 14.6 Å². The van der Waals surface area contributed by atoms with Crippen LogP contribution in [0.4, 0.5) is 0 Å². The van der Waals surface area contributed by atoms with Gasteiger partial charge in [0.1, 0.15) is 5.75 Å². The summed E-state index contributed by atoms with van der Waals surface area (Å²) in [5, 5.41) is 0. The Kier molecular flexibility index (Phi) is 6.14. The molecule has 1 aromatic rings. The molecule has 0 saturated heterocycles. The minimum absolute atomic E-state index is 0.0701. The SMILES string of the molecule is Cc1ccc(C(=O)CS(=O)(=O)CCOCCN)cc1. The van der Waals surface area contributed by atoms with Crippen molar-refractivity contribution in [2.45, 2.75) is 6.92 Å². The Morgan fingerprint density at radius 3 is 2.42 bits per heavy atom. The van der Waals surface area contributed by atoms with Crippen LogP contribution < -0.4 is 5.73 Å². The molecule has 1 rings (SSSR count). The Morgan fingerprint density at radius 1 is 1.21 bits per heavy atom. The average molecular weight is 285 g/mol. The molecule has 0 atom stereocenters. The Balaban J connectivity index is 2.53. The lowest BCUT2D eigenvalue weighted by Gasteiger charge is -2.05. The molecule has 6 heteroatoms. The monoisotopic (exact) mass is 285 g/mol. The van der Waals surface area contributed by atoms with Gasteiger partial charge in [0.15, 0.2) is 15.6 Å². The number of carbonyl (C=O) groups is 1. The third-order valence-electron chi connectivity index (χ3n) is 2.53. The van der Waals surface area contributed by atoms with Crippen molar-refractivity contribution in [3.05, 3.63) is 35.4 Å². The van der Waals surface area contributed by atoms with Crippen molar-refractivity contribution in [3.8, 4) is 0 Å². The van der Waals surface area contributed by atoms with Crippen LogP contribution in [0.25, 0.3) is 0 Å². The van der Waals surface area contributed by atoms with Gasteiger partial charge in [-0.3, -0.25) is 4.79 Å². The maximum absolute atomic E-state index is 11.8. The van der Waals surface area contributed by atoms with E-state index in [1.54, 1.807) is 24.3 Å². The van der Waals surface area contributed by atoms with Gasteiger partial charge in [-0.2, -0.15) is 0 Å². The van der Waals surface area contributed by atoms with E-state index in [0.717, 1.165) is 5.56 Å². The Morgan fingerprint density at radius 2 is 1.84 bits per heavy atom. The first kappa shape index (κ1) is 15.8. The normalized spacial score (nSPS) is 11.5. The second-order valence-electron chi connectivity index (χ2n) is 4.28. The molecule has 19 heavy (non-hydrogen) atoms. The van der Waals surface area contributed by atoms with Crippen LogP contribution in [0.3, 0.4) is 0 Å². The number of hydrogen-bond acceptors (Lipinski definition) is 5. The quantitative estimate of drug-likeness (QED) is 0.557. The van der Waals surface area contributed by atoms with Crippen LogP contribution in [0.5, 0.6) is 0 Å². The minimum atomic E-state index is -3.43. The van der Waals surface area contributed by atoms with Gasteiger partial charge in [0.05, 0.1) is 19.0 Å². The van der Waals surface area contributed by atoms with Gasteiger partial charge in [-0.1, -0.05) is 29.8 Å². The fraction of sp³-hybridized carbons (Fsp3) is 0.462. The summed E-state index contributed by atoms with van der Waals surface area (Å²) in [4.78, 5) is 11.8. The van der Waals surface area contributed by atoms with Crippen molar-refractivity contribution in [1.29, 1.82) is 0 Å². The van der Waals surface area contributed by atoms with Crippen molar-refractivity contribution in [1.82, 2.24) is 0 Å². The smallest absolute Gasteiger partial charge is 0.177 e. The predicted octanol–water partition coefficient (Wildman–Crippen LogP) is 0.568. The van der Waals surface area contributed by atoms with Gasteiger partial charge in [0, 0.05) is 12.1 Å². The second kappa shape index (κ2) is 7.37. The van der Waals surface area contributed by atoms with Gasteiger partial charge in [-0.25, -0.2) is 8.42 Å². The van der Waals surface area contributed by atoms with Crippen LogP contribution in [0.2, 0.25) is 0 Å². The molecule has 0 bridgehead atoms. The number of rotatable bonds is 8. The van der Waals surface area contributed by atoms with Gasteiger partial charge in [0.2, 0.25) is 0 Å². The third-order valence-corrected chi connectivity index (χ3v) is 4.02. The molecule has 1 aromatic carbocycles. The van der Waals surface area contributed by atoms with E-state index in [1.165, 1.54) is 0 Å². The summed E-state index contributed by atoms with van der Waals surface area (Å²) in [6.45, 7) is 2.64. The van der Waals surface area contributed by atoms with E-state index in [1.807, 2.05) is 6.92 Å². The zero-order valence-corrected chi connectivity index (χ0v) is 11.8. The number of aryl methyl sites for hydroxylation is 1.